The van der Waals surface area contributed by atoms with Gasteiger partial charge in [0.15, 0.2) is 5.17 Å². The molecule has 2 aromatic rings. The van der Waals surface area contributed by atoms with Gasteiger partial charge in [0.1, 0.15) is 0 Å². The minimum absolute atomic E-state index is 0.0707. The lowest BCUT2D eigenvalue weighted by atomic mass is 10.1. The summed E-state index contributed by atoms with van der Waals surface area (Å²) in [6, 6.07) is 9.78. The van der Waals surface area contributed by atoms with Crippen molar-refractivity contribution < 1.29 is 4.79 Å². The molecule has 0 bridgehead atoms. The van der Waals surface area contributed by atoms with E-state index >= 15 is 0 Å². The van der Waals surface area contributed by atoms with Crippen LogP contribution in [-0.2, 0) is 0 Å². The van der Waals surface area contributed by atoms with Crippen molar-refractivity contribution in [1.29, 1.82) is 0 Å². The lowest BCUT2D eigenvalue weighted by Gasteiger charge is -2.16. The molecule has 0 radical (unpaired) electrons. The van der Waals surface area contributed by atoms with Crippen LogP contribution in [0.1, 0.15) is 15.9 Å². The van der Waals surface area contributed by atoms with Crippen LogP contribution in [-0.4, -0.2) is 29.1 Å². The zero-order chi connectivity index (χ0) is 14.9. The quantitative estimate of drug-likeness (QED) is 0.934. The standard InChI is InChI=1S/C16H13N3OS2/c20-15(12-5-8-21-9-12)18-13-3-1-11(2-4-13)14-10-22-16-17-6-7-19(14)16/h1-5,8-10H,6-7H2,(H,18,20). The first-order valence-corrected chi connectivity index (χ1v) is 8.76. The van der Waals surface area contributed by atoms with Gasteiger partial charge in [-0.2, -0.15) is 11.3 Å². The summed E-state index contributed by atoms with van der Waals surface area (Å²) in [4.78, 5) is 18.7. The summed E-state index contributed by atoms with van der Waals surface area (Å²) in [6.45, 7) is 1.82. The Morgan fingerprint density at radius 1 is 1.23 bits per heavy atom. The number of rotatable bonds is 3. The molecular weight excluding hydrogens is 314 g/mol. The van der Waals surface area contributed by atoms with Gasteiger partial charge in [-0.3, -0.25) is 9.79 Å². The van der Waals surface area contributed by atoms with Crippen LogP contribution in [0.5, 0.6) is 0 Å². The molecular formula is C16H13N3OS2. The van der Waals surface area contributed by atoms with E-state index in [0.717, 1.165) is 29.5 Å². The highest BCUT2D eigenvalue weighted by molar-refractivity contribution is 8.16. The number of anilines is 1. The number of carbonyl (C=O) groups is 1. The first kappa shape index (κ1) is 13.6. The summed E-state index contributed by atoms with van der Waals surface area (Å²) >= 11 is 3.19. The lowest BCUT2D eigenvalue weighted by Crippen LogP contribution is -2.19. The van der Waals surface area contributed by atoms with Crippen molar-refractivity contribution in [3.05, 3.63) is 57.6 Å². The second kappa shape index (κ2) is 5.62. The van der Waals surface area contributed by atoms with Gasteiger partial charge in [-0.05, 0) is 29.1 Å². The van der Waals surface area contributed by atoms with Gasteiger partial charge in [-0.15, -0.1) is 0 Å². The number of fused-ring (bicyclic) bond motifs is 1. The molecule has 1 amide bonds. The van der Waals surface area contributed by atoms with E-state index in [1.54, 1.807) is 11.8 Å². The van der Waals surface area contributed by atoms with Gasteiger partial charge in [0, 0.05) is 23.0 Å². The van der Waals surface area contributed by atoms with E-state index in [0.29, 0.717) is 5.56 Å². The molecule has 22 heavy (non-hydrogen) atoms. The summed E-state index contributed by atoms with van der Waals surface area (Å²) in [7, 11) is 0. The zero-order valence-corrected chi connectivity index (χ0v) is 13.3. The summed E-state index contributed by atoms with van der Waals surface area (Å²) < 4.78 is 0. The lowest BCUT2D eigenvalue weighted by molar-refractivity contribution is 0.102. The fourth-order valence-electron chi connectivity index (χ4n) is 2.47. The number of thioether (sulfide) groups is 1. The van der Waals surface area contributed by atoms with E-state index < -0.39 is 0 Å². The molecule has 110 valence electrons. The van der Waals surface area contributed by atoms with Crippen LogP contribution in [0.4, 0.5) is 5.69 Å². The van der Waals surface area contributed by atoms with Gasteiger partial charge in [-0.25, -0.2) is 0 Å². The van der Waals surface area contributed by atoms with Gasteiger partial charge < -0.3 is 10.2 Å². The second-order valence-corrected chi connectivity index (χ2v) is 6.60. The fraction of sp³-hybridized carbons (Fsp3) is 0.125. The number of aliphatic imine (C=N–C) groups is 1. The first-order valence-electron chi connectivity index (χ1n) is 6.94. The Morgan fingerprint density at radius 2 is 2.09 bits per heavy atom. The average Bonchev–Trinajstić information content (AvgIpc) is 3.26. The Hall–Kier alpha value is -2.05. The van der Waals surface area contributed by atoms with E-state index in [2.05, 4.69) is 20.6 Å². The van der Waals surface area contributed by atoms with Gasteiger partial charge in [0.25, 0.3) is 5.91 Å². The Labute approximate surface area is 136 Å². The van der Waals surface area contributed by atoms with E-state index in [1.807, 2.05) is 41.1 Å². The van der Waals surface area contributed by atoms with Crippen LogP contribution < -0.4 is 5.32 Å². The highest BCUT2D eigenvalue weighted by Gasteiger charge is 2.26. The molecule has 0 saturated heterocycles. The van der Waals surface area contributed by atoms with Crippen molar-refractivity contribution >= 4 is 45.6 Å². The number of hydrogen-bond acceptors (Lipinski definition) is 5. The van der Waals surface area contributed by atoms with Gasteiger partial charge in [0.05, 0.1) is 17.8 Å². The molecule has 4 nitrogen and oxygen atoms in total. The Balaban J connectivity index is 1.49. The van der Waals surface area contributed by atoms with E-state index in [-0.39, 0.29) is 5.91 Å². The fourth-order valence-corrected chi connectivity index (χ4v) is 4.07. The van der Waals surface area contributed by atoms with Crippen molar-refractivity contribution in [2.24, 2.45) is 4.99 Å². The van der Waals surface area contributed by atoms with Crippen LogP contribution in [0.3, 0.4) is 0 Å². The number of nitrogens with zero attached hydrogens (tertiary/aromatic N) is 2. The normalized spacial score (nSPS) is 16.3. The number of amides is 1. The van der Waals surface area contributed by atoms with Crippen molar-refractivity contribution in [2.45, 2.75) is 0 Å². The summed E-state index contributed by atoms with van der Waals surface area (Å²) in [5.74, 6) is -0.0707. The maximum atomic E-state index is 12.0. The third-order valence-electron chi connectivity index (χ3n) is 3.59. The SMILES string of the molecule is O=C(Nc1ccc(C2=CSC3=NCCN23)cc1)c1ccsc1. The van der Waals surface area contributed by atoms with Gasteiger partial charge in [-0.1, -0.05) is 23.9 Å². The number of benzene rings is 1. The Kier molecular flexibility index (Phi) is 3.48. The Bertz CT molecular complexity index is 763. The monoisotopic (exact) mass is 327 g/mol. The van der Waals surface area contributed by atoms with Crippen LogP contribution >= 0.6 is 23.1 Å². The number of nitrogens with one attached hydrogen (secondary N) is 1. The highest BCUT2D eigenvalue weighted by Crippen LogP contribution is 2.35. The molecule has 0 spiro atoms. The molecule has 2 aliphatic heterocycles. The van der Waals surface area contributed by atoms with E-state index in [9.17, 15) is 4.79 Å². The summed E-state index contributed by atoms with van der Waals surface area (Å²) in [6.07, 6.45) is 0. The predicted octanol–water partition coefficient (Wildman–Crippen LogP) is 3.72. The molecule has 0 aliphatic carbocycles. The van der Waals surface area contributed by atoms with Gasteiger partial charge >= 0.3 is 0 Å². The molecule has 0 saturated carbocycles. The molecule has 1 aromatic heterocycles. The number of carbonyl (C=O) groups excluding carboxylic acids is 1. The Morgan fingerprint density at radius 3 is 2.86 bits per heavy atom. The molecule has 6 heteroatoms. The summed E-state index contributed by atoms with van der Waals surface area (Å²) in [5.41, 5.74) is 3.84. The molecule has 1 N–H and O–H groups in total. The molecule has 3 heterocycles. The van der Waals surface area contributed by atoms with Crippen LogP contribution in [0.25, 0.3) is 5.70 Å². The van der Waals surface area contributed by atoms with Crippen molar-refractivity contribution in [3.63, 3.8) is 0 Å². The van der Waals surface area contributed by atoms with Crippen molar-refractivity contribution in [1.82, 2.24) is 4.90 Å². The molecule has 0 unspecified atom stereocenters. The maximum Gasteiger partial charge on any atom is 0.256 e. The minimum atomic E-state index is -0.0707. The molecule has 0 atom stereocenters. The zero-order valence-electron chi connectivity index (χ0n) is 11.7. The van der Waals surface area contributed by atoms with Crippen LogP contribution in [0.15, 0.2) is 51.5 Å². The number of thiophene rings is 1. The van der Waals surface area contributed by atoms with E-state index in [4.69, 9.17) is 0 Å². The maximum absolute atomic E-state index is 12.0. The van der Waals surface area contributed by atoms with Crippen LogP contribution in [0, 0.1) is 0 Å². The van der Waals surface area contributed by atoms with Crippen molar-refractivity contribution in [2.75, 3.05) is 18.4 Å². The third-order valence-corrected chi connectivity index (χ3v) is 5.17. The highest BCUT2D eigenvalue weighted by atomic mass is 32.2. The summed E-state index contributed by atoms with van der Waals surface area (Å²) in [5, 5.41) is 9.88. The average molecular weight is 327 g/mol. The molecule has 0 fully saturated rings. The molecule has 2 aliphatic rings. The number of hydrogen-bond donors (Lipinski definition) is 1. The smallest absolute Gasteiger partial charge is 0.256 e. The third kappa shape index (κ3) is 2.44. The topological polar surface area (TPSA) is 44.7 Å². The second-order valence-electron chi connectivity index (χ2n) is 4.98. The van der Waals surface area contributed by atoms with Crippen molar-refractivity contribution in [3.8, 4) is 0 Å². The number of amidine groups is 1. The first-order chi connectivity index (χ1) is 10.8. The molecule has 4 rings (SSSR count). The minimum Gasteiger partial charge on any atom is -0.322 e. The molecule has 1 aromatic carbocycles. The van der Waals surface area contributed by atoms with Gasteiger partial charge in [0.2, 0.25) is 0 Å². The van der Waals surface area contributed by atoms with Crippen LogP contribution in [0.2, 0.25) is 0 Å². The van der Waals surface area contributed by atoms with E-state index in [1.165, 1.54) is 17.0 Å². The largest absolute Gasteiger partial charge is 0.322 e. The predicted molar refractivity (Wildman–Crippen MR) is 93.3 cm³/mol.